The SMILES string of the molecule is NC(=O)OCC1=C(C(=O)O)N2C(=O)C(NC(=O)C(=NOC3C=CCC3)c3nsc(N)n3)[C@H]2SC1. The molecule has 3 amide bonds. The molecule has 34 heavy (non-hydrogen) atoms. The Morgan fingerprint density at radius 3 is 2.79 bits per heavy atom. The number of amides is 3. The van der Waals surface area contributed by atoms with E-state index in [1.807, 2.05) is 12.2 Å². The molecule has 14 nitrogen and oxygen atoms in total. The molecular weight excluding hydrogens is 490 g/mol. The predicted octanol–water partition coefficient (Wildman–Crippen LogP) is -0.606. The first kappa shape index (κ1) is 23.5. The summed E-state index contributed by atoms with van der Waals surface area (Å²) in [7, 11) is 0. The minimum absolute atomic E-state index is 0.0566. The van der Waals surface area contributed by atoms with E-state index >= 15 is 0 Å². The lowest BCUT2D eigenvalue weighted by Gasteiger charge is -2.49. The highest BCUT2D eigenvalue weighted by Gasteiger charge is 2.54. The molecule has 1 aromatic rings. The average molecular weight is 510 g/mol. The molecule has 180 valence electrons. The molecule has 1 saturated heterocycles. The van der Waals surface area contributed by atoms with Gasteiger partial charge in [-0.15, -0.1) is 11.8 Å². The number of primary amides is 1. The van der Waals surface area contributed by atoms with E-state index in [4.69, 9.17) is 16.3 Å². The Hall–Kier alpha value is -3.66. The molecule has 1 aromatic heterocycles. The highest BCUT2D eigenvalue weighted by atomic mass is 32.2. The number of aliphatic carboxylic acids is 1. The molecule has 0 saturated carbocycles. The second-order valence-electron chi connectivity index (χ2n) is 7.27. The van der Waals surface area contributed by atoms with Crippen molar-refractivity contribution in [1.29, 1.82) is 0 Å². The summed E-state index contributed by atoms with van der Waals surface area (Å²) in [6.07, 6.45) is 3.89. The van der Waals surface area contributed by atoms with Crippen molar-refractivity contribution in [3.05, 3.63) is 29.2 Å². The average Bonchev–Trinajstić information content (AvgIpc) is 3.47. The molecule has 4 rings (SSSR count). The summed E-state index contributed by atoms with van der Waals surface area (Å²) in [6.45, 7) is -0.363. The second kappa shape index (κ2) is 9.68. The van der Waals surface area contributed by atoms with Crippen molar-refractivity contribution < 1.29 is 33.9 Å². The zero-order valence-electron chi connectivity index (χ0n) is 17.4. The van der Waals surface area contributed by atoms with Crippen LogP contribution in [0.4, 0.5) is 9.93 Å². The van der Waals surface area contributed by atoms with Crippen molar-refractivity contribution in [2.45, 2.75) is 30.4 Å². The zero-order valence-corrected chi connectivity index (χ0v) is 19.0. The molecule has 16 heteroatoms. The number of β-lactam (4-membered cyclic amide) rings is 1. The van der Waals surface area contributed by atoms with Crippen LogP contribution in [0.2, 0.25) is 0 Å². The van der Waals surface area contributed by atoms with Crippen molar-refractivity contribution >= 4 is 58.0 Å². The number of thioether (sulfide) groups is 1. The Morgan fingerprint density at radius 1 is 1.38 bits per heavy atom. The first-order valence-electron chi connectivity index (χ1n) is 9.89. The van der Waals surface area contributed by atoms with Gasteiger partial charge in [0.05, 0.1) is 0 Å². The molecule has 0 spiro atoms. The Kier molecular flexibility index (Phi) is 6.69. The fourth-order valence-corrected chi connectivity index (χ4v) is 5.25. The van der Waals surface area contributed by atoms with Crippen LogP contribution in [0.5, 0.6) is 0 Å². The molecule has 1 fully saturated rings. The maximum atomic E-state index is 13.0. The molecule has 3 heterocycles. The third-order valence-electron chi connectivity index (χ3n) is 5.04. The van der Waals surface area contributed by atoms with Gasteiger partial charge in [0.25, 0.3) is 11.8 Å². The van der Waals surface area contributed by atoms with Gasteiger partial charge in [-0.25, -0.2) is 9.59 Å². The monoisotopic (exact) mass is 509 g/mol. The molecule has 1 aliphatic carbocycles. The summed E-state index contributed by atoms with van der Waals surface area (Å²) < 4.78 is 8.68. The largest absolute Gasteiger partial charge is 0.477 e. The number of nitrogens with zero attached hydrogens (tertiary/aromatic N) is 4. The van der Waals surface area contributed by atoms with E-state index < -0.39 is 35.3 Å². The molecule has 3 aliphatic rings. The number of ether oxygens (including phenoxy) is 1. The van der Waals surface area contributed by atoms with Crippen LogP contribution in [0.15, 0.2) is 28.6 Å². The topological polar surface area (TPSA) is 212 Å². The fourth-order valence-electron chi connectivity index (χ4n) is 3.49. The minimum atomic E-state index is -1.37. The standard InChI is InChI=1S/C18H19N7O7S2/c19-17-22-12(24-34-17)9(23-32-8-3-1-2-4-8)13(26)21-10-14(27)25-11(16(28)29)7(5-31-18(20)30)6-33-15(10)25/h1,3,8,10,15H,2,4-6H2,(H2,20,30)(H,21,26)(H,28,29)(H2,19,22,24)/t8?,10?,15-/m1/s1. The summed E-state index contributed by atoms with van der Waals surface area (Å²) in [6, 6.07) is -1.03. The third-order valence-corrected chi connectivity index (χ3v) is 6.92. The van der Waals surface area contributed by atoms with E-state index in [-0.39, 0.29) is 46.4 Å². The number of carbonyl (C=O) groups excluding carboxylic acids is 3. The minimum Gasteiger partial charge on any atom is -0.477 e. The molecule has 6 N–H and O–H groups in total. The lowest BCUT2D eigenvalue weighted by Crippen LogP contribution is -2.71. The van der Waals surface area contributed by atoms with Crippen molar-refractivity contribution in [1.82, 2.24) is 19.6 Å². The summed E-state index contributed by atoms with van der Waals surface area (Å²) in [5.41, 5.74) is 10.2. The van der Waals surface area contributed by atoms with Crippen LogP contribution < -0.4 is 16.8 Å². The van der Waals surface area contributed by atoms with Gasteiger partial charge in [-0.3, -0.25) is 14.5 Å². The van der Waals surface area contributed by atoms with Crippen LogP contribution in [-0.2, 0) is 24.0 Å². The van der Waals surface area contributed by atoms with Crippen molar-refractivity contribution in [2.75, 3.05) is 18.1 Å². The highest BCUT2D eigenvalue weighted by molar-refractivity contribution is 8.00. The zero-order chi connectivity index (χ0) is 24.4. The normalized spacial score (nSPS) is 23.9. The van der Waals surface area contributed by atoms with Crippen LogP contribution in [0.1, 0.15) is 18.7 Å². The number of carboxylic acids is 1. The number of hydrogen-bond donors (Lipinski definition) is 4. The third kappa shape index (κ3) is 4.67. The summed E-state index contributed by atoms with van der Waals surface area (Å²) >= 11 is 2.07. The number of nitrogen functional groups attached to an aromatic ring is 1. The maximum Gasteiger partial charge on any atom is 0.404 e. The lowest BCUT2D eigenvalue weighted by atomic mass is 10.0. The summed E-state index contributed by atoms with van der Waals surface area (Å²) in [5, 5.41) is 15.5. The molecule has 0 aromatic carbocycles. The van der Waals surface area contributed by atoms with Gasteiger partial charge in [0, 0.05) is 22.9 Å². The fraction of sp³-hybridized carbons (Fsp3) is 0.389. The van der Waals surface area contributed by atoms with Crippen LogP contribution in [0.3, 0.4) is 0 Å². The lowest BCUT2D eigenvalue weighted by molar-refractivity contribution is -0.150. The Labute approximate surface area is 200 Å². The van der Waals surface area contributed by atoms with E-state index in [9.17, 15) is 24.3 Å². The van der Waals surface area contributed by atoms with Crippen LogP contribution in [0.25, 0.3) is 0 Å². The number of fused-ring (bicyclic) bond motifs is 1. The van der Waals surface area contributed by atoms with E-state index in [2.05, 4.69) is 24.6 Å². The number of hydrogen-bond acceptors (Lipinski definition) is 12. The number of rotatable bonds is 8. The Morgan fingerprint density at radius 2 is 2.18 bits per heavy atom. The first-order chi connectivity index (χ1) is 16.3. The van der Waals surface area contributed by atoms with Gasteiger partial charge in [0.1, 0.15) is 29.8 Å². The number of carbonyl (C=O) groups is 4. The quantitative estimate of drug-likeness (QED) is 0.150. The van der Waals surface area contributed by atoms with Gasteiger partial charge >= 0.3 is 12.1 Å². The van der Waals surface area contributed by atoms with Crippen molar-refractivity contribution in [2.24, 2.45) is 10.9 Å². The maximum absolute atomic E-state index is 13.0. The van der Waals surface area contributed by atoms with Gasteiger partial charge in [0.15, 0.2) is 5.13 Å². The van der Waals surface area contributed by atoms with Gasteiger partial charge in [0.2, 0.25) is 11.5 Å². The van der Waals surface area contributed by atoms with E-state index in [0.717, 1.165) is 22.9 Å². The van der Waals surface area contributed by atoms with E-state index in [1.54, 1.807) is 0 Å². The highest BCUT2D eigenvalue weighted by Crippen LogP contribution is 2.40. The number of carboxylic acid groups (broad SMARTS) is 1. The van der Waals surface area contributed by atoms with Crippen molar-refractivity contribution in [3.8, 4) is 0 Å². The van der Waals surface area contributed by atoms with Gasteiger partial charge in [-0.05, 0) is 18.9 Å². The van der Waals surface area contributed by atoms with Crippen LogP contribution in [0, 0.1) is 0 Å². The predicted molar refractivity (Wildman–Crippen MR) is 119 cm³/mol. The molecule has 0 radical (unpaired) electrons. The molecule has 0 bridgehead atoms. The van der Waals surface area contributed by atoms with Gasteiger partial charge < -0.3 is 31.5 Å². The molecule has 3 atom stereocenters. The second-order valence-corrected chi connectivity index (χ2v) is 9.16. The number of anilines is 1. The van der Waals surface area contributed by atoms with Gasteiger partial charge in [-0.1, -0.05) is 11.2 Å². The van der Waals surface area contributed by atoms with Crippen LogP contribution >= 0.6 is 23.3 Å². The number of nitrogens with two attached hydrogens (primary N) is 2. The van der Waals surface area contributed by atoms with E-state index in [0.29, 0.717) is 6.42 Å². The Bertz CT molecular complexity index is 1130. The molecule has 2 unspecified atom stereocenters. The van der Waals surface area contributed by atoms with Crippen LogP contribution in [-0.4, -0.2) is 78.8 Å². The smallest absolute Gasteiger partial charge is 0.404 e. The van der Waals surface area contributed by atoms with Gasteiger partial charge in [-0.2, -0.15) is 9.36 Å². The Balaban J connectivity index is 1.51. The number of allylic oxidation sites excluding steroid dienone is 1. The first-order valence-corrected chi connectivity index (χ1v) is 11.7. The van der Waals surface area contributed by atoms with E-state index in [1.165, 1.54) is 11.8 Å². The summed E-state index contributed by atoms with van der Waals surface area (Å²) in [4.78, 5) is 58.9. The van der Waals surface area contributed by atoms with Crippen molar-refractivity contribution in [3.63, 3.8) is 0 Å². The molecular formula is C18H19N7O7S2. The number of oxime groups is 1. The summed E-state index contributed by atoms with van der Waals surface area (Å²) in [5.74, 6) is -2.70. The molecule has 2 aliphatic heterocycles. The number of aromatic nitrogens is 2. The number of nitrogens with one attached hydrogen (secondary N) is 1.